The molecule has 8 heteroatoms. The molecule has 2 rings (SSSR count). The Bertz CT molecular complexity index is 1060. The molecule has 1 atom stereocenters. The Kier molecular flexibility index (Phi) is 9.05. The first-order valence-electron chi connectivity index (χ1n) is 11.1. The highest BCUT2D eigenvalue weighted by molar-refractivity contribution is 7.92. The highest BCUT2D eigenvalue weighted by atomic mass is 32.2. The van der Waals surface area contributed by atoms with Gasteiger partial charge in [-0.25, -0.2) is 8.42 Å². The summed E-state index contributed by atoms with van der Waals surface area (Å²) in [5.41, 5.74) is 4.19. The minimum Gasteiger partial charge on any atom is -0.355 e. The molecule has 33 heavy (non-hydrogen) atoms. The summed E-state index contributed by atoms with van der Waals surface area (Å²) in [4.78, 5) is 27.8. The number of carbonyl (C=O) groups excluding carboxylic acids is 2. The Morgan fingerprint density at radius 2 is 1.52 bits per heavy atom. The Balaban J connectivity index is 2.45. The minimum atomic E-state index is -3.74. The second-order valence-corrected chi connectivity index (χ2v) is 10.3. The van der Waals surface area contributed by atoms with Crippen molar-refractivity contribution in [3.63, 3.8) is 0 Å². The van der Waals surface area contributed by atoms with E-state index in [-0.39, 0.29) is 19.0 Å². The minimum absolute atomic E-state index is 0.208. The van der Waals surface area contributed by atoms with Crippen molar-refractivity contribution >= 4 is 27.5 Å². The number of anilines is 1. The molecule has 2 aromatic carbocycles. The second-order valence-electron chi connectivity index (χ2n) is 8.44. The van der Waals surface area contributed by atoms with Crippen LogP contribution < -0.4 is 9.62 Å². The Morgan fingerprint density at radius 1 is 0.939 bits per heavy atom. The van der Waals surface area contributed by atoms with Gasteiger partial charge in [0.05, 0.1) is 11.9 Å². The summed E-state index contributed by atoms with van der Waals surface area (Å²) in [5.74, 6) is -0.684. The molecule has 0 aliphatic rings. The summed E-state index contributed by atoms with van der Waals surface area (Å²) in [6.45, 7) is 9.66. The van der Waals surface area contributed by atoms with Crippen molar-refractivity contribution in [2.75, 3.05) is 23.7 Å². The average Bonchev–Trinajstić information content (AvgIpc) is 2.71. The van der Waals surface area contributed by atoms with Crippen molar-refractivity contribution in [3.05, 3.63) is 64.7 Å². The molecule has 0 unspecified atom stereocenters. The van der Waals surface area contributed by atoms with E-state index in [1.165, 1.54) is 4.90 Å². The zero-order chi connectivity index (χ0) is 24.8. The summed E-state index contributed by atoms with van der Waals surface area (Å²) in [7, 11) is -3.74. The summed E-state index contributed by atoms with van der Waals surface area (Å²) < 4.78 is 26.4. The van der Waals surface area contributed by atoms with E-state index in [2.05, 4.69) is 5.32 Å². The predicted octanol–water partition coefficient (Wildman–Crippen LogP) is 3.32. The van der Waals surface area contributed by atoms with Crippen molar-refractivity contribution in [2.24, 2.45) is 0 Å². The normalized spacial score (nSPS) is 12.2. The van der Waals surface area contributed by atoms with Gasteiger partial charge in [0.1, 0.15) is 12.6 Å². The number of benzene rings is 2. The molecule has 180 valence electrons. The number of aryl methyl sites for hydroxylation is 3. The third-order valence-corrected chi connectivity index (χ3v) is 6.52. The van der Waals surface area contributed by atoms with E-state index in [4.69, 9.17) is 0 Å². The first kappa shape index (κ1) is 26.4. The molecule has 0 heterocycles. The lowest BCUT2D eigenvalue weighted by atomic mass is 10.1. The van der Waals surface area contributed by atoms with Crippen molar-refractivity contribution in [2.45, 2.75) is 53.6 Å². The van der Waals surface area contributed by atoms with Crippen LogP contribution in [0.25, 0.3) is 0 Å². The van der Waals surface area contributed by atoms with Crippen LogP contribution in [0, 0.1) is 20.8 Å². The van der Waals surface area contributed by atoms with Crippen molar-refractivity contribution in [1.29, 1.82) is 0 Å². The van der Waals surface area contributed by atoms with Gasteiger partial charge in [-0.15, -0.1) is 0 Å². The number of rotatable bonds is 10. The molecule has 1 N–H and O–H groups in total. The zero-order valence-electron chi connectivity index (χ0n) is 20.4. The maximum absolute atomic E-state index is 13.6. The van der Waals surface area contributed by atoms with Crippen LogP contribution in [0.5, 0.6) is 0 Å². The molecule has 0 saturated carbocycles. The molecule has 0 aliphatic heterocycles. The van der Waals surface area contributed by atoms with Gasteiger partial charge in [-0.1, -0.05) is 42.8 Å². The van der Waals surface area contributed by atoms with E-state index < -0.39 is 22.0 Å². The van der Waals surface area contributed by atoms with E-state index >= 15 is 0 Å². The molecule has 7 nitrogen and oxygen atoms in total. The number of nitrogens with one attached hydrogen (secondary N) is 1. The van der Waals surface area contributed by atoms with Gasteiger partial charge >= 0.3 is 0 Å². The van der Waals surface area contributed by atoms with Gasteiger partial charge in [0.15, 0.2) is 0 Å². The van der Waals surface area contributed by atoms with Gasteiger partial charge < -0.3 is 10.2 Å². The topological polar surface area (TPSA) is 86.8 Å². The number of sulfonamides is 1. The van der Waals surface area contributed by atoms with E-state index in [0.717, 1.165) is 32.8 Å². The maximum Gasteiger partial charge on any atom is 0.244 e. The lowest BCUT2D eigenvalue weighted by Crippen LogP contribution is -2.52. The SMILES string of the molecule is CCNC(=O)[C@@H](CC)N(Cc1ccc(C)cc1)C(=O)CN(c1cc(C)cc(C)c1)S(C)(=O)=O. The quantitative estimate of drug-likeness (QED) is 0.574. The molecule has 0 aromatic heterocycles. The number of hydrogen-bond acceptors (Lipinski definition) is 4. The van der Waals surface area contributed by atoms with Gasteiger partial charge in [0.25, 0.3) is 0 Å². The average molecular weight is 474 g/mol. The number of amides is 2. The molecule has 0 bridgehead atoms. The van der Waals surface area contributed by atoms with Crippen LogP contribution in [0.15, 0.2) is 42.5 Å². The summed E-state index contributed by atoms with van der Waals surface area (Å²) in [5, 5.41) is 2.79. The lowest BCUT2D eigenvalue weighted by Gasteiger charge is -2.33. The summed E-state index contributed by atoms with van der Waals surface area (Å²) >= 11 is 0. The van der Waals surface area contributed by atoms with Gasteiger partial charge in [-0.05, 0) is 62.9 Å². The van der Waals surface area contributed by atoms with Crippen molar-refractivity contribution < 1.29 is 18.0 Å². The molecular weight excluding hydrogens is 438 g/mol. The van der Waals surface area contributed by atoms with Crippen LogP contribution in [-0.4, -0.2) is 50.5 Å². The first-order valence-corrected chi connectivity index (χ1v) is 13.0. The standard InChI is InChI=1S/C25H35N3O4S/c1-7-23(25(30)26-8-2)27(16-21-11-9-18(3)10-12-21)24(29)17-28(33(6,31)32)22-14-19(4)13-20(5)15-22/h9-15,23H,7-8,16-17H2,1-6H3,(H,26,30)/t23-/m1/s1. The molecule has 2 aromatic rings. The maximum atomic E-state index is 13.6. The van der Waals surface area contributed by atoms with Gasteiger partial charge in [0.2, 0.25) is 21.8 Å². The predicted molar refractivity (Wildman–Crippen MR) is 133 cm³/mol. The van der Waals surface area contributed by atoms with Crippen LogP contribution in [0.1, 0.15) is 42.5 Å². The first-order chi connectivity index (χ1) is 15.5. The molecule has 0 aliphatic carbocycles. The van der Waals surface area contributed by atoms with E-state index in [0.29, 0.717) is 18.7 Å². The molecule has 0 radical (unpaired) electrons. The molecule has 0 spiro atoms. The molecular formula is C25H35N3O4S. The van der Waals surface area contributed by atoms with Gasteiger partial charge in [-0.3, -0.25) is 13.9 Å². The fraction of sp³-hybridized carbons (Fsp3) is 0.440. The smallest absolute Gasteiger partial charge is 0.244 e. The van der Waals surface area contributed by atoms with Crippen LogP contribution in [0.2, 0.25) is 0 Å². The van der Waals surface area contributed by atoms with Crippen LogP contribution >= 0.6 is 0 Å². The van der Waals surface area contributed by atoms with Crippen LogP contribution in [0.3, 0.4) is 0 Å². The Morgan fingerprint density at radius 3 is 2.00 bits per heavy atom. The monoisotopic (exact) mass is 473 g/mol. The fourth-order valence-electron chi connectivity index (χ4n) is 3.81. The van der Waals surface area contributed by atoms with E-state index in [1.54, 1.807) is 12.1 Å². The third kappa shape index (κ3) is 7.32. The van der Waals surface area contributed by atoms with Crippen molar-refractivity contribution in [1.82, 2.24) is 10.2 Å². The second kappa shape index (κ2) is 11.3. The molecule has 0 fully saturated rings. The van der Waals surface area contributed by atoms with Crippen LogP contribution in [-0.2, 0) is 26.2 Å². The van der Waals surface area contributed by atoms with Crippen molar-refractivity contribution in [3.8, 4) is 0 Å². The van der Waals surface area contributed by atoms with Gasteiger partial charge in [-0.2, -0.15) is 0 Å². The zero-order valence-corrected chi connectivity index (χ0v) is 21.2. The summed E-state index contributed by atoms with van der Waals surface area (Å²) in [6.07, 6.45) is 1.50. The number of nitrogens with zero attached hydrogens (tertiary/aromatic N) is 2. The highest BCUT2D eigenvalue weighted by Gasteiger charge is 2.31. The van der Waals surface area contributed by atoms with E-state index in [9.17, 15) is 18.0 Å². The Hall–Kier alpha value is -2.87. The van der Waals surface area contributed by atoms with Crippen LogP contribution in [0.4, 0.5) is 5.69 Å². The van der Waals surface area contributed by atoms with E-state index in [1.807, 2.05) is 65.0 Å². The molecule has 2 amide bonds. The fourth-order valence-corrected chi connectivity index (χ4v) is 4.64. The third-order valence-electron chi connectivity index (χ3n) is 5.38. The molecule has 0 saturated heterocycles. The largest absolute Gasteiger partial charge is 0.355 e. The highest BCUT2D eigenvalue weighted by Crippen LogP contribution is 2.22. The number of carbonyl (C=O) groups is 2. The number of hydrogen-bond donors (Lipinski definition) is 1. The summed E-state index contributed by atoms with van der Waals surface area (Å²) in [6, 6.07) is 12.4. The Labute approximate surface area is 197 Å². The lowest BCUT2D eigenvalue weighted by molar-refractivity contribution is -0.140. The van der Waals surface area contributed by atoms with Gasteiger partial charge in [0, 0.05) is 13.1 Å². The number of likely N-dealkylation sites (N-methyl/N-ethyl adjacent to an activating group) is 1.